The number of esters is 1. The van der Waals surface area contributed by atoms with Crippen molar-refractivity contribution in [1.29, 1.82) is 0 Å². The zero-order valence-electron chi connectivity index (χ0n) is 15.8. The fourth-order valence-corrected chi connectivity index (χ4v) is 4.08. The zero-order valence-corrected chi connectivity index (χ0v) is 16.6. The molecule has 0 saturated heterocycles. The molecule has 0 fully saturated rings. The fraction of sp³-hybridized carbons (Fsp3) is 0.286. The summed E-state index contributed by atoms with van der Waals surface area (Å²) in [7, 11) is 1.33. The Hall–Kier alpha value is -2.93. The van der Waals surface area contributed by atoms with Gasteiger partial charge in [0.2, 0.25) is 11.8 Å². The maximum absolute atomic E-state index is 12.8. The Morgan fingerprint density at radius 1 is 1.21 bits per heavy atom. The molecule has 28 heavy (non-hydrogen) atoms. The van der Waals surface area contributed by atoms with Crippen molar-refractivity contribution in [2.45, 2.75) is 31.8 Å². The predicted octanol–water partition coefficient (Wildman–Crippen LogP) is 3.43. The summed E-state index contributed by atoms with van der Waals surface area (Å²) in [6, 6.07) is 10.6. The Kier molecular flexibility index (Phi) is 6.26. The third-order valence-electron chi connectivity index (χ3n) is 4.67. The average molecular weight is 398 g/mol. The van der Waals surface area contributed by atoms with Crippen LogP contribution in [0.15, 0.2) is 48.0 Å². The van der Waals surface area contributed by atoms with Gasteiger partial charge < -0.3 is 15.0 Å². The van der Waals surface area contributed by atoms with E-state index in [-0.39, 0.29) is 30.7 Å². The van der Waals surface area contributed by atoms with Crippen molar-refractivity contribution in [2.75, 3.05) is 7.11 Å². The van der Waals surface area contributed by atoms with Gasteiger partial charge >= 0.3 is 5.97 Å². The van der Waals surface area contributed by atoms with Gasteiger partial charge in [-0.3, -0.25) is 14.4 Å². The monoisotopic (exact) mass is 398 g/mol. The number of hydrogen-bond donors (Lipinski definition) is 1. The van der Waals surface area contributed by atoms with Gasteiger partial charge in [-0.25, -0.2) is 0 Å². The molecule has 2 amide bonds. The van der Waals surface area contributed by atoms with Crippen LogP contribution >= 0.6 is 11.3 Å². The van der Waals surface area contributed by atoms with Gasteiger partial charge in [-0.15, -0.1) is 11.3 Å². The highest BCUT2D eigenvalue weighted by atomic mass is 32.1. The quantitative estimate of drug-likeness (QED) is 0.757. The SMILES string of the molecule is COC(=O)CC(NC(=O)CC1c2ccccc2C=CN1C(C)=O)c1cccs1. The summed E-state index contributed by atoms with van der Waals surface area (Å²) in [5.74, 6) is -0.758. The molecule has 1 aromatic carbocycles. The lowest BCUT2D eigenvalue weighted by Gasteiger charge is -2.32. The lowest BCUT2D eigenvalue weighted by atomic mass is 9.93. The van der Waals surface area contributed by atoms with E-state index in [2.05, 4.69) is 5.32 Å². The minimum Gasteiger partial charge on any atom is -0.469 e. The largest absolute Gasteiger partial charge is 0.469 e. The smallest absolute Gasteiger partial charge is 0.307 e. The standard InChI is InChI=1S/C21H22N2O4S/c1-14(24)23-10-9-15-6-3-4-7-16(15)18(23)13-20(25)22-17(12-21(26)27-2)19-8-5-11-28-19/h3-11,17-18H,12-13H2,1-2H3,(H,22,25). The van der Waals surface area contributed by atoms with Crippen LogP contribution in [0, 0.1) is 0 Å². The molecule has 1 N–H and O–H groups in total. The molecule has 0 radical (unpaired) electrons. The Morgan fingerprint density at radius 2 is 2.00 bits per heavy atom. The Balaban J connectivity index is 1.78. The molecule has 0 saturated carbocycles. The molecular weight excluding hydrogens is 376 g/mol. The molecule has 3 rings (SSSR count). The average Bonchev–Trinajstić information content (AvgIpc) is 3.22. The molecule has 146 valence electrons. The van der Waals surface area contributed by atoms with Crippen LogP contribution in [0.1, 0.15) is 47.9 Å². The minimum atomic E-state index is -0.458. The van der Waals surface area contributed by atoms with E-state index >= 15 is 0 Å². The number of benzene rings is 1. The zero-order chi connectivity index (χ0) is 20.1. The van der Waals surface area contributed by atoms with Crippen molar-refractivity contribution >= 4 is 35.2 Å². The van der Waals surface area contributed by atoms with Crippen molar-refractivity contribution in [3.63, 3.8) is 0 Å². The van der Waals surface area contributed by atoms with Gasteiger partial charge in [0.15, 0.2) is 0 Å². The summed E-state index contributed by atoms with van der Waals surface area (Å²) >= 11 is 1.47. The molecule has 0 spiro atoms. The van der Waals surface area contributed by atoms with Crippen molar-refractivity contribution < 1.29 is 19.1 Å². The second-order valence-corrected chi connectivity index (χ2v) is 7.49. The summed E-state index contributed by atoms with van der Waals surface area (Å²) in [6.07, 6.45) is 3.75. The molecular formula is C21H22N2O4S. The molecule has 1 aliphatic heterocycles. The lowest BCUT2D eigenvalue weighted by molar-refractivity contribution is -0.141. The van der Waals surface area contributed by atoms with Crippen LogP contribution in [0.4, 0.5) is 0 Å². The number of amides is 2. The molecule has 0 bridgehead atoms. The summed E-state index contributed by atoms with van der Waals surface area (Å²) in [6.45, 7) is 1.48. The highest BCUT2D eigenvalue weighted by Crippen LogP contribution is 2.33. The van der Waals surface area contributed by atoms with Crippen molar-refractivity contribution in [1.82, 2.24) is 10.2 Å². The second kappa shape index (κ2) is 8.84. The van der Waals surface area contributed by atoms with Gasteiger partial charge in [0.05, 0.1) is 32.0 Å². The molecule has 2 heterocycles. The highest BCUT2D eigenvalue weighted by Gasteiger charge is 2.29. The molecule has 2 atom stereocenters. The van der Waals surface area contributed by atoms with Gasteiger partial charge in [0, 0.05) is 18.0 Å². The lowest BCUT2D eigenvalue weighted by Crippen LogP contribution is -2.36. The number of hydrogen-bond acceptors (Lipinski definition) is 5. The van der Waals surface area contributed by atoms with Gasteiger partial charge in [0.1, 0.15) is 0 Å². The van der Waals surface area contributed by atoms with Crippen molar-refractivity contribution in [3.8, 4) is 0 Å². The van der Waals surface area contributed by atoms with E-state index in [4.69, 9.17) is 4.74 Å². The van der Waals surface area contributed by atoms with Gasteiger partial charge in [-0.2, -0.15) is 0 Å². The number of nitrogens with zero attached hydrogens (tertiary/aromatic N) is 1. The molecule has 7 heteroatoms. The summed E-state index contributed by atoms with van der Waals surface area (Å²) in [5, 5.41) is 4.83. The van der Waals surface area contributed by atoms with Crippen LogP contribution in [0.3, 0.4) is 0 Å². The van der Waals surface area contributed by atoms with Crippen LogP contribution in [0.25, 0.3) is 6.08 Å². The summed E-state index contributed by atoms with van der Waals surface area (Å²) < 4.78 is 4.76. The fourth-order valence-electron chi connectivity index (χ4n) is 3.30. The molecule has 2 unspecified atom stereocenters. The normalized spacial score (nSPS) is 16.2. The molecule has 0 aliphatic carbocycles. The van der Waals surface area contributed by atoms with Crippen LogP contribution in [-0.2, 0) is 19.1 Å². The van der Waals surface area contributed by atoms with Crippen LogP contribution in [0.5, 0.6) is 0 Å². The van der Waals surface area contributed by atoms with E-state index in [0.29, 0.717) is 0 Å². The van der Waals surface area contributed by atoms with Gasteiger partial charge in [-0.05, 0) is 28.6 Å². The van der Waals surface area contributed by atoms with E-state index in [1.54, 1.807) is 11.1 Å². The van der Waals surface area contributed by atoms with E-state index in [1.807, 2.05) is 47.9 Å². The Labute approximate surface area is 167 Å². The molecule has 1 aliphatic rings. The number of carbonyl (C=O) groups is 3. The van der Waals surface area contributed by atoms with E-state index in [1.165, 1.54) is 25.4 Å². The number of carbonyl (C=O) groups excluding carboxylic acids is 3. The Bertz CT molecular complexity index is 892. The second-order valence-electron chi connectivity index (χ2n) is 6.51. The summed E-state index contributed by atoms with van der Waals surface area (Å²) in [5.41, 5.74) is 1.91. The third kappa shape index (κ3) is 4.48. The van der Waals surface area contributed by atoms with E-state index < -0.39 is 12.0 Å². The van der Waals surface area contributed by atoms with E-state index in [9.17, 15) is 14.4 Å². The first-order valence-electron chi connectivity index (χ1n) is 8.95. The van der Waals surface area contributed by atoms with Crippen LogP contribution in [-0.4, -0.2) is 29.8 Å². The molecule has 2 aromatic rings. The first-order valence-corrected chi connectivity index (χ1v) is 9.83. The summed E-state index contributed by atoms with van der Waals surface area (Å²) in [4.78, 5) is 39.1. The maximum atomic E-state index is 12.8. The van der Waals surface area contributed by atoms with Gasteiger partial charge in [0.25, 0.3) is 0 Å². The molecule has 1 aromatic heterocycles. The number of thiophene rings is 1. The predicted molar refractivity (Wildman–Crippen MR) is 107 cm³/mol. The number of nitrogens with one attached hydrogen (secondary N) is 1. The first-order chi connectivity index (χ1) is 13.5. The van der Waals surface area contributed by atoms with Crippen LogP contribution < -0.4 is 5.32 Å². The number of methoxy groups -OCH3 is 1. The van der Waals surface area contributed by atoms with Crippen molar-refractivity contribution in [2.24, 2.45) is 0 Å². The van der Waals surface area contributed by atoms with E-state index in [0.717, 1.165) is 16.0 Å². The number of rotatable bonds is 6. The number of fused-ring (bicyclic) bond motifs is 1. The van der Waals surface area contributed by atoms with Gasteiger partial charge in [-0.1, -0.05) is 30.3 Å². The topological polar surface area (TPSA) is 75.7 Å². The van der Waals surface area contributed by atoms with Crippen LogP contribution in [0.2, 0.25) is 0 Å². The third-order valence-corrected chi connectivity index (χ3v) is 5.65. The maximum Gasteiger partial charge on any atom is 0.307 e. The molecule has 6 nitrogen and oxygen atoms in total. The highest BCUT2D eigenvalue weighted by molar-refractivity contribution is 7.10. The minimum absolute atomic E-state index is 0.0559. The number of ether oxygens (including phenoxy) is 1. The first kappa shape index (κ1) is 19.8. The van der Waals surface area contributed by atoms with Crippen molar-refractivity contribution in [3.05, 3.63) is 64.0 Å². The Morgan fingerprint density at radius 3 is 2.68 bits per heavy atom.